The molecule has 0 saturated heterocycles. The third kappa shape index (κ3) is 6.17. The minimum Gasteiger partial charge on any atom is -0.327 e. The second-order valence-corrected chi connectivity index (χ2v) is 4.11. The van der Waals surface area contributed by atoms with E-state index < -0.39 is 5.82 Å². The number of hydrogen-bond donors (Lipinski definition) is 3. The third-order valence-corrected chi connectivity index (χ3v) is 2.07. The van der Waals surface area contributed by atoms with Crippen molar-refractivity contribution in [3.8, 4) is 0 Å². The van der Waals surface area contributed by atoms with Gasteiger partial charge in [0.15, 0.2) is 0 Å². The quantitative estimate of drug-likeness (QED) is 0.791. The van der Waals surface area contributed by atoms with Gasteiger partial charge in [-0.05, 0) is 25.1 Å². The average Bonchev–Trinajstić information content (AvgIpc) is 2.21. The molecule has 1 rings (SSSR count). The van der Waals surface area contributed by atoms with Gasteiger partial charge in [0.05, 0.1) is 5.69 Å². The maximum absolute atomic E-state index is 13.3. The largest absolute Gasteiger partial charge is 0.327 e. The fourth-order valence-electron chi connectivity index (χ4n) is 1.39. The van der Waals surface area contributed by atoms with E-state index in [1.807, 2.05) is 0 Å². The van der Waals surface area contributed by atoms with Gasteiger partial charge < -0.3 is 16.4 Å². The van der Waals surface area contributed by atoms with Crippen LogP contribution in [0.3, 0.4) is 0 Å². The Hall–Kier alpha value is -1.66. The molecule has 0 radical (unpaired) electrons. The lowest BCUT2D eigenvalue weighted by atomic mass is 10.2. The van der Waals surface area contributed by atoms with E-state index in [1.165, 1.54) is 25.1 Å². The molecule has 0 saturated carbocycles. The zero-order valence-corrected chi connectivity index (χ0v) is 11.5. The predicted molar refractivity (Wildman–Crippen MR) is 74.8 cm³/mol. The van der Waals surface area contributed by atoms with Gasteiger partial charge in [-0.2, -0.15) is 0 Å². The molecule has 0 aromatic heterocycles. The molecule has 4 N–H and O–H groups in total. The van der Waals surface area contributed by atoms with Crippen LogP contribution < -0.4 is 16.4 Å². The number of amides is 2. The second-order valence-electron chi connectivity index (χ2n) is 4.11. The second kappa shape index (κ2) is 7.70. The number of nitrogens with one attached hydrogen (secondary N) is 2. The molecule has 0 aliphatic rings. The molecule has 1 aromatic carbocycles. The molecular weight excluding hydrogens is 273 g/mol. The van der Waals surface area contributed by atoms with Gasteiger partial charge in [-0.25, -0.2) is 4.39 Å². The molecule has 0 spiro atoms. The van der Waals surface area contributed by atoms with Crippen molar-refractivity contribution >= 4 is 35.6 Å². The summed E-state index contributed by atoms with van der Waals surface area (Å²) in [7, 11) is 0. The van der Waals surface area contributed by atoms with Crippen molar-refractivity contribution in [3.63, 3.8) is 0 Å². The minimum atomic E-state index is -0.560. The molecule has 0 fully saturated rings. The minimum absolute atomic E-state index is 0. The Kier molecular flexibility index (Phi) is 7.03. The average molecular weight is 290 g/mol. The smallest absolute Gasteiger partial charge is 0.225 e. The molecule has 0 bridgehead atoms. The lowest BCUT2D eigenvalue weighted by Gasteiger charge is -2.10. The number of nitrogens with two attached hydrogens (primary N) is 1. The van der Waals surface area contributed by atoms with E-state index in [4.69, 9.17) is 5.73 Å². The Morgan fingerprint density at radius 3 is 2.53 bits per heavy atom. The molecular formula is C12H17ClFN3O2. The van der Waals surface area contributed by atoms with Crippen molar-refractivity contribution in [2.75, 3.05) is 10.6 Å². The van der Waals surface area contributed by atoms with Crippen molar-refractivity contribution in [1.82, 2.24) is 0 Å². The Morgan fingerprint density at radius 1 is 1.37 bits per heavy atom. The van der Waals surface area contributed by atoms with E-state index in [-0.39, 0.29) is 42.4 Å². The molecule has 106 valence electrons. The Morgan fingerprint density at radius 2 is 2.00 bits per heavy atom. The maximum Gasteiger partial charge on any atom is 0.225 e. The molecule has 7 heteroatoms. The first-order valence-electron chi connectivity index (χ1n) is 5.51. The normalized spacial score (nSPS) is 11.2. The summed E-state index contributed by atoms with van der Waals surface area (Å²) in [6.07, 6.45) is 0.173. The number of anilines is 2. The van der Waals surface area contributed by atoms with Gasteiger partial charge in [0.1, 0.15) is 5.82 Å². The van der Waals surface area contributed by atoms with Crippen LogP contribution in [-0.2, 0) is 9.59 Å². The van der Waals surface area contributed by atoms with Gasteiger partial charge in [-0.15, -0.1) is 12.4 Å². The van der Waals surface area contributed by atoms with Crippen molar-refractivity contribution < 1.29 is 14.0 Å². The van der Waals surface area contributed by atoms with Crippen LogP contribution in [0.5, 0.6) is 0 Å². The molecule has 0 aliphatic carbocycles. The molecule has 0 aliphatic heterocycles. The lowest BCUT2D eigenvalue weighted by molar-refractivity contribution is -0.116. The van der Waals surface area contributed by atoms with Crippen LogP contribution >= 0.6 is 12.4 Å². The molecule has 1 aromatic rings. The fraction of sp³-hybridized carbons (Fsp3) is 0.333. The molecule has 2 amide bonds. The number of hydrogen-bond acceptors (Lipinski definition) is 3. The van der Waals surface area contributed by atoms with Gasteiger partial charge in [0.2, 0.25) is 11.8 Å². The highest BCUT2D eigenvalue weighted by Gasteiger charge is 2.08. The summed E-state index contributed by atoms with van der Waals surface area (Å²) < 4.78 is 13.3. The van der Waals surface area contributed by atoms with Gasteiger partial charge >= 0.3 is 0 Å². The summed E-state index contributed by atoms with van der Waals surface area (Å²) in [5, 5.41) is 4.91. The monoisotopic (exact) mass is 289 g/mol. The Labute approximate surface area is 117 Å². The Balaban J connectivity index is 0.00000324. The molecule has 19 heavy (non-hydrogen) atoms. The summed E-state index contributed by atoms with van der Waals surface area (Å²) in [5.74, 6) is -1.20. The first kappa shape index (κ1) is 17.3. The summed E-state index contributed by atoms with van der Waals surface area (Å²) in [6, 6.07) is 3.70. The first-order valence-corrected chi connectivity index (χ1v) is 5.51. The molecule has 0 heterocycles. The van der Waals surface area contributed by atoms with E-state index in [0.29, 0.717) is 5.69 Å². The van der Waals surface area contributed by atoms with E-state index >= 15 is 0 Å². The Bertz CT molecular complexity index is 466. The number of rotatable bonds is 4. The van der Waals surface area contributed by atoms with Crippen LogP contribution in [0.2, 0.25) is 0 Å². The number of halogens is 2. The standard InChI is InChI=1S/C12H16FN3O2.ClH/c1-7(14)5-12(18)16-9-3-4-10(13)11(6-9)15-8(2)17;/h3-4,6-7H,5,14H2,1-2H3,(H,15,17)(H,16,18);1H. The summed E-state index contributed by atoms with van der Waals surface area (Å²) in [5.41, 5.74) is 5.93. The highest BCUT2D eigenvalue weighted by Crippen LogP contribution is 2.19. The highest BCUT2D eigenvalue weighted by molar-refractivity contribution is 5.93. The highest BCUT2D eigenvalue weighted by atomic mass is 35.5. The predicted octanol–water partition coefficient (Wildman–Crippen LogP) is 1.88. The van der Waals surface area contributed by atoms with E-state index in [2.05, 4.69) is 10.6 Å². The fourth-order valence-corrected chi connectivity index (χ4v) is 1.39. The van der Waals surface area contributed by atoms with Gasteiger partial charge in [0.25, 0.3) is 0 Å². The maximum atomic E-state index is 13.3. The van der Waals surface area contributed by atoms with Crippen LogP contribution in [0.25, 0.3) is 0 Å². The summed E-state index contributed by atoms with van der Waals surface area (Å²) >= 11 is 0. The lowest BCUT2D eigenvalue weighted by Crippen LogP contribution is -2.24. The van der Waals surface area contributed by atoms with E-state index in [9.17, 15) is 14.0 Å². The number of carbonyl (C=O) groups is 2. The van der Waals surface area contributed by atoms with Gasteiger partial charge in [0, 0.05) is 25.1 Å². The van der Waals surface area contributed by atoms with Crippen LogP contribution in [0.15, 0.2) is 18.2 Å². The van der Waals surface area contributed by atoms with Crippen molar-refractivity contribution in [3.05, 3.63) is 24.0 Å². The van der Waals surface area contributed by atoms with Crippen LogP contribution in [0.1, 0.15) is 20.3 Å². The van der Waals surface area contributed by atoms with E-state index in [1.54, 1.807) is 6.92 Å². The topological polar surface area (TPSA) is 84.2 Å². The van der Waals surface area contributed by atoms with Crippen LogP contribution in [0.4, 0.5) is 15.8 Å². The van der Waals surface area contributed by atoms with Crippen LogP contribution in [0, 0.1) is 5.82 Å². The zero-order valence-electron chi connectivity index (χ0n) is 10.7. The molecule has 1 atom stereocenters. The SMILES string of the molecule is CC(=O)Nc1cc(NC(=O)CC(C)N)ccc1F.Cl. The number of benzene rings is 1. The van der Waals surface area contributed by atoms with E-state index in [0.717, 1.165) is 0 Å². The summed E-state index contributed by atoms with van der Waals surface area (Å²) in [4.78, 5) is 22.3. The van der Waals surface area contributed by atoms with Gasteiger partial charge in [-0.1, -0.05) is 0 Å². The van der Waals surface area contributed by atoms with Gasteiger partial charge in [-0.3, -0.25) is 9.59 Å². The first-order chi connectivity index (χ1) is 8.38. The van der Waals surface area contributed by atoms with Crippen molar-refractivity contribution in [2.45, 2.75) is 26.3 Å². The molecule has 1 unspecified atom stereocenters. The van der Waals surface area contributed by atoms with Crippen molar-refractivity contribution in [2.24, 2.45) is 5.73 Å². The van der Waals surface area contributed by atoms with Crippen molar-refractivity contribution in [1.29, 1.82) is 0 Å². The number of carbonyl (C=O) groups excluding carboxylic acids is 2. The third-order valence-electron chi connectivity index (χ3n) is 2.07. The zero-order chi connectivity index (χ0) is 13.7. The molecule has 5 nitrogen and oxygen atoms in total. The summed E-state index contributed by atoms with van der Waals surface area (Å²) in [6.45, 7) is 2.99. The van der Waals surface area contributed by atoms with Crippen LogP contribution in [-0.4, -0.2) is 17.9 Å².